The summed E-state index contributed by atoms with van der Waals surface area (Å²) >= 11 is 1.01. The standard InChI is InChI=1S/C10H9N3O3S/c1-6(9(14)15)17-10-13-12-8(16-10)7-2-4-11-5-3-7/h2-6H,1H3,(H,14,15)/t6-/m1/s1. The Hall–Kier alpha value is -1.89. The number of aromatic nitrogens is 3. The van der Waals surface area contributed by atoms with Crippen LogP contribution in [0.5, 0.6) is 0 Å². The van der Waals surface area contributed by atoms with Crippen LogP contribution in [0.25, 0.3) is 11.5 Å². The zero-order valence-corrected chi connectivity index (χ0v) is 9.72. The molecule has 0 aromatic carbocycles. The lowest BCUT2D eigenvalue weighted by molar-refractivity contribution is -0.136. The predicted molar refractivity (Wildman–Crippen MR) is 60.5 cm³/mol. The van der Waals surface area contributed by atoms with Gasteiger partial charge in [-0.2, -0.15) is 0 Å². The van der Waals surface area contributed by atoms with E-state index in [1.165, 1.54) is 0 Å². The molecule has 6 nitrogen and oxygen atoms in total. The van der Waals surface area contributed by atoms with Gasteiger partial charge in [0.15, 0.2) is 0 Å². The van der Waals surface area contributed by atoms with Gasteiger partial charge >= 0.3 is 5.97 Å². The highest BCUT2D eigenvalue weighted by atomic mass is 32.2. The molecule has 0 bridgehead atoms. The molecule has 88 valence electrons. The number of carboxylic acid groups (broad SMARTS) is 1. The van der Waals surface area contributed by atoms with Crippen molar-refractivity contribution < 1.29 is 14.3 Å². The topological polar surface area (TPSA) is 89.1 Å². The molecule has 0 saturated heterocycles. The Balaban J connectivity index is 2.14. The van der Waals surface area contributed by atoms with Gasteiger partial charge in [-0.05, 0) is 19.1 Å². The van der Waals surface area contributed by atoms with Gasteiger partial charge in [-0.3, -0.25) is 9.78 Å². The molecular formula is C10H9N3O3S. The Bertz CT molecular complexity index is 515. The van der Waals surface area contributed by atoms with Gasteiger partial charge in [-0.15, -0.1) is 10.2 Å². The third-order valence-electron chi connectivity index (χ3n) is 1.96. The van der Waals surface area contributed by atoms with Crippen LogP contribution >= 0.6 is 11.8 Å². The third-order valence-corrected chi connectivity index (χ3v) is 2.88. The van der Waals surface area contributed by atoms with Gasteiger partial charge in [0.2, 0.25) is 5.89 Å². The van der Waals surface area contributed by atoms with E-state index in [1.807, 2.05) is 0 Å². The average molecular weight is 251 g/mol. The quantitative estimate of drug-likeness (QED) is 0.827. The Morgan fingerprint density at radius 2 is 2.12 bits per heavy atom. The third kappa shape index (κ3) is 2.82. The molecule has 2 aromatic heterocycles. The number of aliphatic carboxylic acids is 1. The molecule has 17 heavy (non-hydrogen) atoms. The molecule has 2 heterocycles. The van der Waals surface area contributed by atoms with Crippen LogP contribution in [0.1, 0.15) is 6.92 Å². The summed E-state index contributed by atoms with van der Waals surface area (Å²) in [5.74, 6) is -0.564. The summed E-state index contributed by atoms with van der Waals surface area (Å²) in [6.45, 7) is 1.56. The molecule has 0 fully saturated rings. The molecule has 1 atom stereocenters. The summed E-state index contributed by atoms with van der Waals surface area (Å²) in [5, 5.41) is 16.0. The molecule has 2 rings (SSSR count). The number of hydrogen-bond donors (Lipinski definition) is 1. The van der Waals surface area contributed by atoms with Gasteiger partial charge in [0, 0.05) is 18.0 Å². The minimum atomic E-state index is -0.918. The summed E-state index contributed by atoms with van der Waals surface area (Å²) in [6.07, 6.45) is 3.23. The van der Waals surface area contributed by atoms with E-state index in [-0.39, 0.29) is 5.22 Å². The lowest BCUT2D eigenvalue weighted by atomic mass is 10.3. The van der Waals surface area contributed by atoms with Crippen molar-refractivity contribution >= 4 is 17.7 Å². The molecule has 7 heteroatoms. The number of nitrogens with zero attached hydrogens (tertiary/aromatic N) is 3. The van der Waals surface area contributed by atoms with Crippen LogP contribution in [-0.4, -0.2) is 31.5 Å². The molecule has 0 unspecified atom stereocenters. The minimum absolute atomic E-state index is 0.242. The SMILES string of the molecule is C[C@@H](Sc1nnc(-c2ccncc2)o1)C(=O)O. The van der Waals surface area contributed by atoms with E-state index >= 15 is 0 Å². The Labute approximate surface area is 101 Å². The maximum Gasteiger partial charge on any atom is 0.316 e. The first kappa shape index (κ1) is 11.6. The highest BCUT2D eigenvalue weighted by Gasteiger charge is 2.17. The van der Waals surface area contributed by atoms with E-state index in [1.54, 1.807) is 31.5 Å². The Kier molecular flexibility index (Phi) is 3.38. The van der Waals surface area contributed by atoms with Crippen LogP contribution < -0.4 is 0 Å². The molecule has 0 aliphatic heterocycles. The first-order valence-electron chi connectivity index (χ1n) is 4.80. The van der Waals surface area contributed by atoms with Gasteiger partial charge < -0.3 is 9.52 Å². The molecule has 0 amide bonds. The van der Waals surface area contributed by atoms with E-state index in [2.05, 4.69) is 15.2 Å². The minimum Gasteiger partial charge on any atom is -0.480 e. The van der Waals surface area contributed by atoms with Crippen molar-refractivity contribution in [2.45, 2.75) is 17.4 Å². The molecule has 0 aliphatic rings. The molecule has 0 aliphatic carbocycles. The second-order valence-electron chi connectivity index (χ2n) is 3.21. The van der Waals surface area contributed by atoms with Crippen molar-refractivity contribution in [1.29, 1.82) is 0 Å². The summed E-state index contributed by atoms with van der Waals surface area (Å²) in [4.78, 5) is 14.5. The van der Waals surface area contributed by atoms with Crippen LogP contribution in [0.15, 0.2) is 34.2 Å². The van der Waals surface area contributed by atoms with E-state index in [4.69, 9.17) is 9.52 Å². The summed E-state index contributed by atoms with van der Waals surface area (Å²) in [7, 11) is 0. The fourth-order valence-corrected chi connectivity index (χ4v) is 1.69. The lowest BCUT2D eigenvalue weighted by Crippen LogP contribution is -2.10. The van der Waals surface area contributed by atoms with Gasteiger partial charge in [-0.1, -0.05) is 11.8 Å². The summed E-state index contributed by atoms with van der Waals surface area (Å²) in [5.41, 5.74) is 0.752. The number of hydrogen-bond acceptors (Lipinski definition) is 6. The normalized spacial score (nSPS) is 12.3. The molecule has 1 N–H and O–H groups in total. The van der Waals surface area contributed by atoms with Crippen molar-refractivity contribution in [2.75, 3.05) is 0 Å². The van der Waals surface area contributed by atoms with Crippen LogP contribution in [0.2, 0.25) is 0 Å². The fourth-order valence-electron chi connectivity index (χ4n) is 1.07. The van der Waals surface area contributed by atoms with Gasteiger partial charge in [-0.25, -0.2) is 0 Å². The molecule has 0 saturated carbocycles. The second kappa shape index (κ2) is 4.96. The number of carboxylic acids is 1. The van der Waals surface area contributed by atoms with Gasteiger partial charge in [0.1, 0.15) is 5.25 Å². The van der Waals surface area contributed by atoms with Crippen LogP contribution in [0, 0.1) is 0 Å². The molecule has 0 radical (unpaired) electrons. The second-order valence-corrected chi connectivity index (χ2v) is 4.50. The van der Waals surface area contributed by atoms with Crippen molar-refractivity contribution in [3.63, 3.8) is 0 Å². The van der Waals surface area contributed by atoms with Gasteiger partial charge in [0.25, 0.3) is 5.22 Å². The molecule has 2 aromatic rings. The first-order chi connectivity index (χ1) is 8.16. The summed E-state index contributed by atoms with van der Waals surface area (Å²) in [6, 6.07) is 3.48. The van der Waals surface area contributed by atoms with Crippen molar-refractivity contribution in [1.82, 2.24) is 15.2 Å². The number of rotatable bonds is 4. The molecule has 0 spiro atoms. The van der Waals surface area contributed by atoms with E-state index < -0.39 is 11.2 Å². The zero-order valence-electron chi connectivity index (χ0n) is 8.90. The van der Waals surface area contributed by atoms with Crippen LogP contribution in [0.3, 0.4) is 0 Å². The van der Waals surface area contributed by atoms with Crippen molar-refractivity contribution in [2.24, 2.45) is 0 Å². The maximum atomic E-state index is 10.7. The largest absolute Gasteiger partial charge is 0.480 e. The monoisotopic (exact) mass is 251 g/mol. The molecular weight excluding hydrogens is 242 g/mol. The van der Waals surface area contributed by atoms with Crippen molar-refractivity contribution in [3.8, 4) is 11.5 Å². The highest BCUT2D eigenvalue weighted by Crippen LogP contribution is 2.25. The average Bonchev–Trinajstić information content (AvgIpc) is 2.78. The maximum absolute atomic E-state index is 10.7. The fraction of sp³-hybridized carbons (Fsp3) is 0.200. The lowest BCUT2D eigenvalue weighted by Gasteiger charge is -1.99. The smallest absolute Gasteiger partial charge is 0.316 e. The van der Waals surface area contributed by atoms with Gasteiger partial charge in [0.05, 0.1) is 0 Å². The summed E-state index contributed by atoms with van der Waals surface area (Å²) < 4.78 is 5.34. The number of pyridine rings is 1. The van der Waals surface area contributed by atoms with Crippen LogP contribution in [-0.2, 0) is 4.79 Å². The van der Waals surface area contributed by atoms with Crippen molar-refractivity contribution in [3.05, 3.63) is 24.5 Å². The Morgan fingerprint density at radius 1 is 1.41 bits per heavy atom. The number of carbonyl (C=O) groups is 1. The highest BCUT2D eigenvalue weighted by molar-refractivity contribution is 8.00. The van der Waals surface area contributed by atoms with E-state index in [0.717, 1.165) is 17.3 Å². The predicted octanol–water partition coefficient (Wildman–Crippen LogP) is 1.70. The zero-order chi connectivity index (χ0) is 12.3. The van der Waals surface area contributed by atoms with E-state index in [9.17, 15) is 4.79 Å². The van der Waals surface area contributed by atoms with E-state index in [0.29, 0.717) is 5.89 Å². The number of thioether (sulfide) groups is 1. The first-order valence-corrected chi connectivity index (χ1v) is 5.68. The van der Waals surface area contributed by atoms with Crippen LogP contribution in [0.4, 0.5) is 0 Å². The Morgan fingerprint density at radius 3 is 2.76 bits per heavy atom.